The number of carbonyl (C=O) groups excluding carboxylic acids is 1. The standard InChI is InChI=1S/C21H21Cl2N3O3/c1-13-19(20(23)26(25-13)12-15-5-3-4-6-17(15)22)21(28)24-11-18(27)14-7-9-16(29-2)10-8-14/h3-10,18,27H,11-12H2,1-2H3,(H,24,28). The Hall–Kier alpha value is -2.54. The SMILES string of the molecule is COc1ccc(C(O)CNC(=O)c2c(C)nn(Cc3ccccc3Cl)c2Cl)cc1. The number of rotatable bonds is 7. The smallest absolute Gasteiger partial charge is 0.256 e. The zero-order valence-corrected chi connectivity index (χ0v) is 17.5. The summed E-state index contributed by atoms with van der Waals surface area (Å²) in [4.78, 5) is 12.6. The highest BCUT2D eigenvalue weighted by Crippen LogP contribution is 2.24. The minimum atomic E-state index is -0.859. The number of aryl methyl sites for hydroxylation is 1. The molecule has 152 valence electrons. The molecule has 0 spiro atoms. The summed E-state index contributed by atoms with van der Waals surface area (Å²) in [5.74, 6) is 0.295. The first-order chi connectivity index (χ1) is 13.9. The van der Waals surface area contributed by atoms with Crippen molar-refractivity contribution in [2.24, 2.45) is 0 Å². The molecule has 0 aliphatic heterocycles. The molecule has 0 aliphatic carbocycles. The Labute approximate surface area is 179 Å². The van der Waals surface area contributed by atoms with Gasteiger partial charge in [0.1, 0.15) is 10.9 Å². The van der Waals surface area contributed by atoms with Gasteiger partial charge in [0.05, 0.1) is 31.0 Å². The third-order valence-electron chi connectivity index (χ3n) is 4.53. The molecule has 29 heavy (non-hydrogen) atoms. The van der Waals surface area contributed by atoms with E-state index < -0.39 is 12.0 Å². The summed E-state index contributed by atoms with van der Waals surface area (Å²) in [5, 5.41) is 18.2. The molecule has 1 atom stereocenters. The largest absolute Gasteiger partial charge is 0.497 e. The number of carbonyl (C=O) groups is 1. The van der Waals surface area contributed by atoms with Gasteiger partial charge in [0.25, 0.3) is 5.91 Å². The van der Waals surface area contributed by atoms with Crippen molar-refractivity contribution in [3.05, 3.63) is 81.1 Å². The number of ether oxygens (including phenoxy) is 1. The Morgan fingerprint density at radius 1 is 1.21 bits per heavy atom. The van der Waals surface area contributed by atoms with Gasteiger partial charge >= 0.3 is 0 Å². The number of methoxy groups -OCH3 is 1. The number of amides is 1. The number of aliphatic hydroxyl groups excluding tert-OH is 1. The van der Waals surface area contributed by atoms with Crippen molar-refractivity contribution in [1.82, 2.24) is 15.1 Å². The number of nitrogens with zero attached hydrogens (tertiary/aromatic N) is 2. The summed E-state index contributed by atoms with van der Waals surface area (Å²) in [6.07, 6.45) is -0.859. The van der Waals surface area contributed by atoms with Crippen LogP contribution < -0.4 is 10.1 Å². The van der Waals surface area contributed by atoms with E-state index in [1.165, 1.54) is 4.68 Å². The molecule has 0 saturated heterocycles. The molecule has 1 unspecified atom stereocenters. The average Bonchev–Trinajstić information content (AvgIpc) is 3.00. The molecule has 0 aliphatic rings. The second kappa shape index (κ2) is 9.31. The van der Waals surface area contributed by atoms with E-state index in [1.54, 1.807) is 44.4 Å². The fourth-order valence-corrected chi connectivity index (χ4v) is 3.44. The van der Waals surface area contributed by atoms with Crippen molar-refractivity contribution in [2.45, 2.75) is 19.6 Å². The second-order valence-electron chi connectivity index (χ2n) is 6.50. The van der Waals surface area contributed by atoms with Gasteiger partial charge in [0.2, 0.25) is 0 Å². The Bertz CT molecular complexity index is 1000. The van der Waals surface area contributed by atoms with E-state index in [0.717, 1.165) is 5.56 Å². The van der Waals surface area contributed by atoms with Crippen LogP contribution in [0.3, 0.4) is 0 Å². The van der Waals surface area contributed by atoms with Gasteiger partial charge in [-0.05, 0) is 36.2 Å². The van der Waals surface area contributed by atoms with Crippen molar-refractivity contribution in [1.29, 1.82) is 0 Å². The summed E-state index contributed by atoms with van der Waals surface area (Å²) >= 11 is 12.6. The predicted octanol–water partition coefficient (Wildman–Crippen LogP) is 4.02. The summed E-state index contributed by atoms with van der Waals surface area (Å²) in [6, 6.07) is 14.4. The molecule has 3 rings (SSSR count). The summed E-state index contributed by atoms with van der Waals surface area (Å²) < 4.78 is 6.63. The van der Waals surface area contributed by atoms with Gasteiger partial charge in [0, 0.05) is 11.6 Å². The van der Waals surface area contributed by atoms with Gasteiger partial charge in [-0.1, -0.05) is 53.5 Å². The predicted molar refractivity (Wildman–Crippen MR) is 113 cm³/mol. The third-order valence-corrected chi connectivity index (χ3v) is 5.28. The lowest BCUT2D eigenvalue weighted by Gasteiger charge is -2.13. The molecule has 0 saturated carbocycles. The van der Waals surface area contributed by atoms with Gasteiger partial charge in [-0.3, -0.25) is 4.79 Å². The Kier molecular flexibility index (Phi) is 6.79. The molecular formula is C21H21Cl2N3O3. The molecule has 8 heteroatoms. The van der Waals surface area contributed by atoms with E-state index in [4.69, 9.17) is 27.9 Å². The van der Waals surface area contributed by atoms with Crippen molar-refractivity contribution in [3.8, 4) is 5.75 Å². The highest BCUT2D eigenvalue weighted by atomic mass is 35.5. The Balaban J connectivity index is 1.69. The maximum absolute atomic E-state index is 12.6. The maximum Gasteiger partial charge on any atom is 0.256 e. The van der Waals surface area contributed by atoms with E-state index in [2.05, 4.69) is 10.4 Å². The van der Waals surface area contributed by atoms with E-state index in [0.29, 0.717) is 28.6 Å². The average molecular weight is 434 g/mol. The summed E-state index contributed by atoms with van der Waals surface area (Å²) in [6.45, 7) is 2.10. The number of hydrogen-bond acceptors (Lipinski definition) is 4. The van der Waals surface area contributed by atoms with Gasteiger partial charge in [0.15, 0.2) is 0 Å². The molecule has 2 N–H and O–H groups in total. The number of nitrogens with one attached hydrogen (secondary N) is 1. The molecule has 3 aromatic rings. The zero-order valence-electron chi connectivity index (χ0n) is 16.0. The number of hydrogen-bond donors (Lipinski definition) is 2. The fraction of sp³-hybridized carbons (Fsp3) is 0.238. The first kappa shape index (κ1) is 21.2. The van der Waals surface area contributed by atoms with Crippen molar-refractivity contribution < 1.29 is 14.6 Å². The van der Waals surface area contributed by atoms with Crippen LogP contribution in [0.1, 0.15) is 33.3 Å². The maximum atomic E-state index is 12.6. The summed E-state index contributed by atoms with van der Waals surface area (Å²) in [5.41, 5.74) is 2.29. The minimum absolute atomic E-state index is 0.0383. The van der Waals surface area contributed by atoms with Crippen LogP contribution in [-0.4, -0.2) is 34.4 Å². The van der Waals surface area contributed by atoms with Crippen LogP contribution in [0.5, 0.6) is 5.75 Å². The van der Waals surface area contributed by atoms with Crippen LogP contribution in [0.15, 0.2) is 48.5 Å². The second-order valence-corrected chi connectivity index (χ2v) is 7.26. The molecule has 1 heterocycles. The molecular weight excluding hydrogens is 413 g/mol. The first-order valence-electron chi connectivity index (χ1n) is 8.97. The number of halogens is 2. The van der Waals surface area contributed by atoms with Crippen molar-refractivity contribution in [2.75, 3.05) is 13.7 Å². The van der Waals surface area contributed by atoms with Gasteiger partial charge in [-0.25, -0.2) is 4.68 Å². The molecule has 0 bridgehead atoms. The van der Waals surface area contributed by atoms with Crippen LogP contribution in [-0.2, 0) is 6.54 Å². The quantitative estimate of drug-likeness (QED) is 0.589. The van der Waals surface area contributed by atoms with Gasteiger partial charge in [-0.15, -0.1) is 0 Å². The first-order valence-corrected chi connectivity index (χ1v) is 9.72. The number of benzene rings is 2. The van der Waals surface area contributed by atoms with Crippen LogP contribution >= 0.6 is 23.2 Å². The lowest BCUT2D eigenvalue weighted by atomic mass is 10.1. The lowest BCUT2D eigenvalue weighted by molar-refractivity contribution is 0.0915. The van der Waals surface area contributed by atoms with E-state index in [1.807, 2.05) is 18.2 Å². The third kappa shape index (κ3) is 4.90. The van der Waals surface area contributed by atoms with Crippen molar-refractivity contribution >= 4 is 29.1 Å². The molecule has 6 nitrogen and oxygen atoms in total. The normalized spacial score (nSPS) is 11.9. The van der Waals surface area contributed by atoms with Crippen LogP contribution in [0.2, 0.25) is 10.2 Å². The number of aromatic nitrogens is 2. The van der Waals surface area contributed by atoms with Crippen LogP contribution in [0.4, 0.5) is 0 Å². The van der Waals surface area contributed by atoms with Crippen LogP contribution in [0, 0.1) is 6.92 Å². The Morgan fingerprint density at radius 3 is 2.55 bits per heavy atom. The fourth-order valence-electron chi connectivity index (χ4n) is 2.93. The van der Waals surface area contributed by atoms with Gasteiger partial charge in [-0.2, -0.15) is 5.10 Å². The van der Waals surface area contributed by atoms with E-state index in [-0.39, 0.29) is 17.3 Å². The highest BCUT2D eigenvalue weighted by Gasteiger charge is 2.21. The van der Waals surface area contributed by atoms with Gasteiger partial charge < -0.3 is 15.2 Å². The highest BCUT2D eigenvalue weighted by molar-refractivity contribution is 6.33. The Morgan fingerprint density at radius 2 is 1.90 bits per heavy atom. The molecule has 2 aromatic carbocycles. The monoisotopic (exact) mass is 433 g/mol. The molecule has 1 amide bonds. The molecule has 0 fully saturated rings. The molecule has 0 radical (unpaired) electrons. The van der Waals surface area contributed by atoms with Crippen molar-refractivity contribution in [3.63, 3.8) is 0 Å². The minimum Gasteiger partial charge on any atom is -0.497 e. The molecule has 1 aromatic heterocycles. The lowest BCUT2D eigenvalue weighted by Crippen LogP contribution is -2.28. The topological polar surface area (TPSA) is 76.4 Å². The van der Waals surface area contributed by atoms with E-state index >= 15 is 0 Å². The van der Waals surface area contributed by atoms with E-state index in [9.17, 15) is 9.90 Å². The van der Waals surface area contributed by atoms with Crippen LogP contribution in [0.25, 0.3) is 0 Å². The number of aliphatic hydroxyl groups is 1. The zero-order chi connectivity index (χ0) is 21.0. The summed E-state index contributed by atoms with van der Waals surface area (Å²) in [7, 11) is 1.57.